The van der Waals surface area contributed by atoms with Crippen molar-refractivity contribution in [1.82, 2.24) is 4.90 Å². The lowest BCUT2D eigenvalue weighted by Crippen LogP contribution is -2.49. The molecule has 0 radical (unpaired) electrons. The molecular formula is C17H18ClNO3S. The number of hydrogen-bond donors (Lipinski definition) is 1. The van der Waals surface area contributed by atoms with Crippen LogP contribution in [0.3, 0.4) is 0 Å². The molecule has 0 aliphatic carbocycles. The van der Waals surface area contributed by atoms with Gasteiger partial charge in [0.2, 0.25) is 5.91 Å². The molecular weight excluding hydrogens is 334 g/mol. The molecule has 23 heavy (non-hydrogen) atoms. The van der Waals surface area contributed by atoms with Crippen LogP contribution in [0.4, 0.5) is 0 Å². The second kappa shape index (κ2) is 6.49. The van der Waals surface area contributed by atoms with Gasteiger partial charge in [-0.3, -0.25) is 9.59 Å². The quantitative estimate of drug-likeness (QED) is 0.914. The number of likely N-dealkylation sites (tertiary alicyclic amines) is 1. The van der Waals surface area contributed by atoms with Crippen molar-refractivity contribution < 1.29 is 14.7 Å². The third-order valence-electron chi connectivity index (χ3n) is 4.58. The fraction of sp³-hybridized carbons (Fsp3) is 0.412. The molecule has 2 heterocycles. The highest BCUT2D eigenvalue weighted by Gasteiger charge is 2.35. The summed E-state index contributed by atoms with van der Waals surface area (Å²) in [6, 6.07) is 5.42. The maximum atomic E-state index is 12.7. The van der Waals surface area contributed by atoms with Gasteiger partial charge in [0.05, 0.1) is 12.3 Å². The average Bonchev–Trinajstić information content (AvgIpc) is 2.89. The van der Waals surface area contributed by atoms with Gasteiger partial charge < -0.3 is 10.0 Å². The zero-order chi connectivity index (χ0) is 16.6. The van der Waals surface area contributed by atoms with Gasteiger partial charge in [0, 0.05) is 22.3 Å². The molecule has 1 aliphatic heterocycles. The fourth-order valence-corrected chi connectivity index (χ4v) is 4.40. The number of amides is 1. The largest absolute Gasteiger partial charge is 0.481 e. The van der Waals surface area contributed by atoms with Crippen molar-refractivity contribution >= 4 is 44.9 Å². The van der Waals surface area contributed by atoms with E-state index >= 15 is 0 Å². The predicted molar refractivity (Wildman–Crippen MR) is 92.1 cm³/mol. The van der Waals surface area contributed by atoms with Crippen LogP contribution in [0.5, 0.6) is 0 Å². The molecule has 0 saturated carbocycles. The smallest absolute Gasteiger partial charge is 0.308 e. The summed E-state index contributed by atoms with van der Waals surface area (Å²) in [5.74, 6) is -1.30. The monoisotopic (exact) mass is 351 g/mol. The summed E-state index contributed by atoms with van der Waals surface area (Å²) in [6.07, 6.45) is 1.66. The van der Waals surface area contributed by atoms with Crippen LogP contribution in [0.2, 0.25) is 5.02 Å². The van der Waals surface area contributed by atoms with Gasteiger partial charge in [0.15, 0.2) is 0 Å². The van der Waals surface area contributed by atoms with Crippen molar-refractivity contribution in [2.24, 2.45) is 5.92 Å². The van der Waals surface area contributed by atoms with Crippen molar-refractivity contribution in [3.63, 3.8) is 0 Å². The van der Waals surface area contributed by atoms with E-state index in [0.29, 0.717) is 18.0 Å². The Kier molecular flexibility index (Phi) is 4.60. The van der Waals surface area contributed by atoms with Crippen LogP contribution in [0.25, 0.3) is 10.1 Å². The van der Waals surface area contributed by atoms with Crippen LogP contribution in [0.15, 0.2) is 23.6 Å². The molecule has 3 rings (SSSR count). The maximum Gasteiger partial charge on any atom is 0.308 e. The lowest BCUT2D eigenvalue weighted by Gasteiger charge is -2.37. The lowest BCUT2D eigenvalue weighted by molar-refractivity contribution is -0.148. The second-order valence-corrected chi connectivity index (χ2v) is 7.34. The van der Waals surface area contributed by atoms with Crippen molar-refractivity contribution in [3.8, 4) is 0 Å². The summed E-state index contributed by atoms with van der Waals surface area (Å²) in [5, 5.41) is 12.9. The van der Waals surface area contributed by atoms with Crippen molar-refractivity contribution in [2.75, 3.05) is 6.54 Å². The summed E-state index contributed by atoms with van der Waals surface area (Å²) in [5.41, 5.74) is 0.960. The molecule has 1 aliphatic rings. The van der Waals surface area contributed by atoms with E-state index < -0.39 is 11.9 Å². The van der Waals surface area contributed by atoms with Crippen molar-refractivity contribution in [2.45, 2.75) is 32.2 Å². The van der Waals surface area contributed by atoms with E-state index in [1.54, 1.807) is 16.2 Å². The molecule has 2 atom stereocenters. The van der Waals surface area contributed by atoms with E-state index in [-0.39, 0.29) is 18.4 Å². The van der Waals surface area contributed by atoms with E-state index in [0.717, 1.165) is 22.1 Å². The van der Waals surface area contributed by atoms with Gasteiger partial charge in [-0.15, -0.1) is 11.3 Å². The number of aliphatic carboxylic acids is 1. The molecule has 1 aromatic carbocycles. The highest BCUT2D eigenvalue weighted by molar-refractivity contribution is 7.17. The molecule has 1 saturated heterocycles. The Morgan fingerprint density at radius 1 is 1.43 bits per heavy atom. The average molecular weight is 352 g/mol. The highest BCUT2D eigenvalue weighted by atomic mass is 35.5. The first-order valence-electron chi connectivity index (χ1n) is 7.65. The number of nitrogens with zero attached hydrogens (tertiary/aromatic N) is 1. The van der Waals surface area contributed by atoms with Crippen LogP contribution in [-0.4, -0.2) is 34.5 Å². The summed E-state index contributed by atoms with van der Waals surface area (Å²) < 4.78 is 1.10. The zero-order valence-electron chi connectivity index (χ0n) is 12.8. The molecule has 0 spiro atoms. The van der Waals surface area contributed by atoms with Gasteiger partial charge in [-0.2, -0.15) is 0 Å². The third kappa shape index (κ3) is 3.21. The summed E-state index contributed by atoms with van der Waals surface area (Å²) >= 11 is 7.65. The first-order valence-corrected chi connectivity index (χ1v) is 8.91. The highest BCUT2D eigenvalue weighted by Crippen LogP contribution is 2.30. The first kappa shape index (κ1) is 16.3. The number of halogens is 1. The number of piperidine rings is 1. The lowest BCUT2D eigenvalue weighted by atomic mass is 9.90. The predicted octanol–water partition coefficient (Wildman–Crippen LogP) is 3.81. The minimum Gasteiger partial charge on any atom is -0.481 e. The number of fused-ring (bicyclic) bond motifs is 1. The number of thiophene rings is 1. The van der Waals surface area contributed by atoms with Crippen molar-refractivity contribution in [1.29, 1.82) is 0 Å². The molecule has 1 amide bonds. The minimum atomic E-state index is -0.817. The van der Waals surface area contributed by atoms with Gasteiger partial charge in [0.1, 0.15) is 0 Å². The molecule has 122 valence electrons. The number of carboxylic acids is 1. The molecule has 0 unspecified atom stereocenters. The van der Waals surface area contributed by atoms with Crippen LogP contribution >= 0.6 is 22.9 Å². The number of rotatable bonds is 3. The Morgan fingerprint density at radius 2 is 2.22 bits per heavy atom. The summed E-state index contributed by atoms with van der Waals surface area (Å²) in [6.45, 7) is 2.46. The van der Waals surface area contributed by atoms with Crippen LogP contribution in [0, 0.1) is 5.92 Å². The van der Waals surface area contributed by atoms with Crippen LogP contribution in [0.1, 0.15) is 25.3 Å². The number of carbonyl (C=O) groups excluding carboxylic acids is 1. The zero-order valence-corrected chi connectivity index (χ0v) is 14.4. The Morgan fingerprint density at radius 3 is 2.96 bits per heavy atom. The molecule has 1 aromatic heterocycles. The van der Waals surface area contributed by atoms with Crippen molar-refractivity contribution in [3.05, 3.63) is 34.2 Å². The van der Waals surface area contributed by atoms with Gasteiger partial charge in [-0.05, 0) is 54.3 Å². The molecule has 1 fully saturated rings. The van der Waals surface area contributed by atoms with Gasteiger partial charge in [0.25, 0.3) is 0 Å². The minimum absolute atomic E-state index is 0.0110. The topological polar surface area (TPSA) is 57.6 Å². The molecule has 4 nitrogen and oxygen atoms in total. The molecule has 6 heteroatoms. The standard InChI is InChI=1S/C17H18ClNO3S/c1-10-13(17(21)22)3-2-6-19(10)16(20)7-11-9-23-15-5-4-12(18)8-14(11)15/h4-5,8-10,13H,2-3,6-7H2,1H3,(H,21,22)/t10-,13-/m1/s1. The van der Waals surface area contributed by atoms with Gasteiger partial charge in [-0.1, -0.05) is 11.6 Å². The summed E-state index contributed by atoms with van der Waals surface area (Å²) in [4.78, 5) is 25.7. The van der Waals surface area contributed by atoms with Crippen LogP contribution in [-0.2, 0) is 16.0 Å². The number of carboxylic acid groups (broad SMARTS) is 1. The maximum absolute atomic E-state index is 12.7. The fourth-order valence-electron chi connectivity index (χ4n) is 3.28. The Labute approximate surface area is 143 Å². The first-order chi connectivity index (χ1) is 11.0. The summed E-state index contributed by atoms with van der Waals surface area (Å²) in [7, 11) is 0. The normalized spacial score (nSPS) is 21.6. The van der Waals surface area contributed by atoms with Gasteiger partial charge in [-0.25, -0.2) is 0 Å². The Hall–Kier alpha value is -1.59. The molecule has 0 bridgehead atoms. The SMILES string of the molecule is C[C@@H]1[C@H](C(=O)O)CCCN1C(=O)Cc1csc2ccc(Cl)cc12. The number of benzene rings is 1. The Balaban J connectivity index is 1.80. The van der Waals surface area contributed by atoms with E-state index in [2.05, 4.69) is 0 Å². The number of hydrogen-bond acceptors (Lipinski definition) is 3. The van der Waals surface area contributed by atoms with Crippen LogP contribution < -0.4 is 0 Å². The number of carbonyl (C=O) groups is 2. The van der Waals surface area contributed by atoms with E-state index in [1.165, 1.54) is 0 Å². The van der Waals surface area contributed by atoms with E-state index in [1.807, 2.05) is 30.5 Å². The molecule has 1 N–H and O–H groups in total. The molecule has 2 aromatic rings. The van der Waals surface area contributed by atoms with E-state index in [4.69, 9.17) is 11.6 Å². The Bertz CT molecular complexity index is 757. The van der Waals surface area contributed by atoms with Gasteiger partial charge >= 0.3 is 5.97 Å². The third-order valence-corrected chi connectivity index (χ3v) is 5.83. The second-order valence-electron chi connectivity index (χ2n) is 5.99. The van der Waals surface area contributed by atoms with E-state index in [9.17, 15) is 14.7 Å².